The largest absolute Gasteiger partial charge is 0.341 e. The maximum Gasteiger partial charge on any atom is 0.227 e. The fourth-order valence-electron chi connectivity index (χ4n) is 3.66. The van der Waals surface area contributed by atoms with E-state index in [0.29, 0.717) is 25.9 Å². The molecule has 4 heteroatoms. The van der Waals surface area contributed by atoms with Crippen LogP contribution in [0.15, 0.2) is 18.2 Å². The van der Waals surface area contributed by atoms with Gasteiger partial charge in [-0.15, -0.1) is 0 Å². The van der Waals surface area contributed by atoms with Crippen LogP contribution in [0.25, 0.3) is 0 Å². The predicted molar refractivity (Wildman–Crippen MR) is 90.2 cm³/mol. The molecule has 1 fully saturated rings. The molecule has 3 rings (SSSR count). The fraction of sp³-hybridized carbons (Fsp3) is 0.579. The number of carbonyl (C=O) groups is 2. The molecule has 0 aromatic heterocycles. The van der Waals surface area contributed by atoms with Crippen molar-refractivity contribution < 1.29 is 9.59 Å². The zero-order valence-corrected chi connectivity index (χ0v) is 14.0. The molecule has 0 bridgehead atoms. The Morgan fingerprint density at radius 2 is 1.61 bits per heavy atom. The molecule has 0 saturated carbocycles. The van der Waals surface area contributed by atoms with Crippen molar-refractivity contribution in [1.29, 1.82) is 0 Å². The summed E-state index contributed by atoms with van der Waals surface area (Å²) in [7, 11) is 0. The molecule has 0 spiro atoms. The van der Waals surface area contributed by atoms with Crippen molar-refractivity contribution in [2.24, 2.45) is 0 Å². The van der Waals surface area contributed by atoms with Crippen LogP contribution in [-0.2, 0) is 28.9 Å². The van der Waals surface area contributed by atoms with Crippen molar-refractivity contribution in [3.63, 3.8) is 0 Å². The number of rotatable bonds is 3. The van der Waals surface area contributed by atoms with E-state index in [-0.39, 0.29) is 11.8 Å². The van der Waals surface area contributed by atoms with Crippen molar-refractivity contribution in [3.05, 3.63) is 34.9 Å². The van der Waals surface area contributed by atoms with Crippen LogP contribution < -0.4 is 0 Å². The molecule has 4 nitrogen and oxygen atoms in total. The van der Waals surface area contributed by atoms with Crippen LogP contribution in [0, 0.1) is 0 Å². The van der Waals surface area contributed by atoms with Gasteiger partial charge in [0.15, 0.2) is 0 Å². The minimum absolute atomic E-state index is 0.189. The van der Waals surface area contributed by atoms with E-state index in [4.69, 9.17) is 0 Å². The summed E-state index contributed by atoms with van der Waals surface area (Å²) in [6, 6.07) is 6.51. The van der Waals surface area contributed by atoms with Gasteiger partial charge in [-0.05, 0) is 42.4 Å². The summed E-state index contributed by atoms with van der Waals surface area (Å²) in [4.78, 5) is 28.2. The van der Waals surface area contributed by atoms with Crippen LogP contribution in [0.4, 0.5) is 0 Å². The highest BCUT2D eigenvalue weighted by Crippen LogP contribution is 2.23. The first-order valence-electron chi connectivity index (χ1n) is 8.83. The van der Waals surface area contributed by atoms with Gasteiger partial charge in [-0.3, -0.25) is 9.59 Å². The zero-order chi connectivity index (χ0) is 16.2. The van der Waals surface area contributed by atoms with Crippen LogP contribution >= 0.6 is 0 Å². The van der Waals surface area contributed by atoms with Gasteiger partial charge >= 0.3 is 0 Å². The maximum absolute atomic E-state index is 12.6. The molecule has 1 saturated heterocycles. The van der Waals surface area contributed by atoms with E-state index in [1.165, 1.54) is 24.0 Å². The molecular weight excluding hydrogens is 288 g/mol. The summed E-state index contributed by atoms with van der Waals surface area (Å²) in [5.41, 5.74) is 4.00. The topological polar surface area (TPSA) is 40.6 Å². The number of hydrogen-bond donors (Lipinski definition) is 0. The predicted octanol–water partition coefficient (Wildman–Crippen LogP) is 2.19. The van der Waals surface area contributed by atoms with Crippen molar-refractivity contribution in [3.8, 4) is 0 Å². The van der Waals surface area contributed by atoms with Gasteiger partial charge < -0.3 is 9.80 Å². The lowest BCUT2D eigenvalue weighted by molar-refractivity contribution is -0.133. The molecule has 0 atom stereocenters. The number of hydrogen-bond acceptors (Lipinski definition) is 2. The molecule has 2 aliphatic rings. The molecule has 1 aliphatic carbocycles. The van der Waals surface area contributed by atoms with Crippen LogP contribution in [0.3, 0.4) is 0 Å². The summed E-state index contributed by atoms with van der Waals surface area (Å²) >= 11 is 0. The molecule has 1 aliphatic heterocycles. The number of amides is 2. The van der Waals surface area contributed by atoms with E-state index < -0.39 is 0 Å². The minimum atomic E-state index is 0.189. The molecule has 1 heterocycles. The summed E-state index contributed by atoms with van der Waals surface area (Å²) in [6.07, 6.45) is 5.46. The first kappa shape index (κ1) is 16.0. The van der Waals surface area contributed by atoms with E-state index in [9.17, 15) is 9.59 Å². The molecule has 1 aromatic carbocycles. The van der Waals surface area contributed by atoms with Crippen LogP contribution in [0.1, 0.15) is 42.9 Å². The van der Waals surface area contributed by atoms with Gasteiger partial charge in [-0.25, -0.2) is 0 Å². The Kier molecular flexibility index (Phi) is 4.99. The Hall–Kier alpha value is -1.84. The minimum Gasteiger partial charge on any atom is -0.341 e. The smallest absolute Gasteiger partial charge is 0.227 e. The molecule has 1 aromatic rings. The average Bonchev–Trinajstić information content (AvgIpc) is 2.88. The number of nitrogens with zero attached hydrogens (tertiary/aromatic N) is 2. The molecular formula is C19H26N2O2. The highest BCUT2D eigenvalue weighted by atomic mass is 16.2. The second-order valence-corrected chi connectivity index (χ2v) is 6.60. The Bertz CT molecular complexity index is 597. The monoisotopic (exact) mass is 314 g/mol. The molecule has 124 valence electrons. The zero-order valence-electron chi connectivity index (χ0n) is 14.0. The Labute approximate surface area is 138 Å². The lowest BCUT2D eigenvalue weighted by atomic mass is 10.0. The second-order valence-electron chi connectivity index (χ2n) is 6.60. The lowest BCUT2D eigenvalue weighted by Gasteiger charge is -2.22. The maximum atomic E-state index is 12.6. The molecule has 0 radical (unpaired) electrons. The van der Waals surface area contributed by atoms with E-state index in [2.05, 4.69) is 18.2 Å². The summed E-state index contributed by atoms with van der Waals surface area (Å²) in [5, 5.41) is 0. The van der Waals surface area contributed by atoms with Crippen molar-refractivity contribution >= 4 is 11.8 Å². The van der Waals surface area contributed by atoms with Crippen molar-refractivity contribution in [2.75, 3.05) is 26.2 Å². The Morgan fingerprint density at radius 1 is 0.913 bits per heavy atom. The molecule has 23 heavy (non-hydrogen) atoms. The van der Waals surface area contributed by atoms with Gasteiger partial charge in [0, 0.05) is 32.6 Å². The quantitative estimate of drug-likeness (QED) is 0.858. The second kappa shape index (κ2) is 7.16. The van der Waals surface area contributed by atoms with Gasteiger partial charge in [0.2, 0.25) is 11.8 Å². The van der Waals surface area contributed by atoms with Gasteiger partial charge in [0.05, 0.1) is 6.42 Å². The third-order valence-electron chi connectivity index (χ3n) is 5.02. The molecule has 0 N–H and O–H groups in total. The third kappa shape index (κ3) is 3.74. The number of fused-ring (bicyclic) bond motifs is 1. The van der Waals surface area contributed by atoms with E-state index >= 15 is 0 Å². The normalized spacial score (nSPS) is 17.8. The van der Waals surface area contributed by atoms with Crippen LogP contribution in [-0.4, -0.2) is 47.8 Å². The summed E-state index contributed by atoms with van der Waals surface area (Å²) in [6.45, 7) is 4.76. The van der Waals surface area contributed by atoms with Crippen LogP contribution in [0.2, 0.25) is 0 Å². The van der Waals surface area contributed by atoms with Gasteiger partial charge in [0.1, 0.15) is 0 Å². The number of benzene rings is 1. The highest BCUT2D eigenvalue weighted by molar-refractivity contribution is 5.79. The van der Waals surface area contributed by atoms with E-state index in [1.54, 1.807) is 0 Å². The summed E-state index contributed by atoms with van der Waals surface area (Å²) in [5.74, 6) is 0.381. The standard InChI is InChI=1S/C19H26N2O2/c1-2-18(22)20-9-4-10-21(12-11-20)19(23)14-15-7-8-16-5-3-6-17(16)13-15/h7-8,13H,2-6,9-12,14H2,1H3. The number of carbonyl (C=O) groups excluding carboxylic acids is 2. The highest BCUT2D eigenvalue weighted by Gasteiger charge is 2.21. The molecule has 0 unspecified atom stereocenters. The van der Waals surface area contributed by atoms with Gasteiger partial charge in [0.25, 0.3) is 0 Å². The fourth-order valence-corrected chi connectivity index (χ4v) is 3.66. The van der Waals surface area contributed by atoms with Gasteiger partial charge in [-0.1, -0.05) is 25.1 Å². The number of aryl methyl sites for hydroxylation is 2. The molecule has 2 amide bonds. The Balaban J connectivity index is 1.59. The third-order valence-corrected chi connectivity index (χ3v) is 5.02. The lowest BCUT2D eigenvalue weighted by Crippen LogP contribution is -2.37. The SMILES string of the molecule is CCC(=O)N1CCCN(C(=O)Cc2ccc3c(c2)CCC3)CC1. The van der Waals surface area contributed by atoms with E-state index in [1.807, 2.05) is 16.7 Å². The van der Waals surface area contributed by atoms with Gasteiger partial charge in [-0.2, -0.15) is 0 Å². The van der Waals surface area contributed by atoms with E-state index in [0.717, 1.165) is 31.5 Å². The van der Waals surface area contributed by atoms with Crippen LogP contribution in [0.5, 0.6) is 0 Å². The van der Waals surface area contributed by atoms with Crippen molar-refractivity contribution in [2.45, 2.75) is 45.4 Å². The first-order chi connectivity index (χ1) is 11.2. The Morgan fingerprint density at radius 3 is 2.35 bits per heavy atom. The average molecular weight is 314 g/mol. The van der Waals surface area contributed by atoms with Crippen molar-refractivity contribution in [1.82, 2.24) is 9.80 Å². The first-order valence-corrected chi connectivity index (χ1v) is 8.83. The summed E-state index contributed by atoms with van der Waals surface area (Å²) < 4.78 is 0.